The average molecular weight is 271 g/mol. The molecule has 20 heavy (non-hydrogen) atoms. The van der Waals surface area contributed by atoms with Crippen LogP contribution in [-0.2, 0) is 24.7 Å². The number of benzene rings is 1. The van der Waals surface area contributed by atoms with Gasteiger partial charge in [-0.05, 0) is 36.7 Å². The van der Waals surface area contributed by atoms with Crippen molar-refractivity contribution in [2.24, 2.45) is 12.8 Å². The molecule has 2 aromatic rings. The van der Waals surface area contributed by atoms with Crippen LogP contribution >= 0.6 is 0 Å². The minimum atomic E-state index is 0.0754. The lowest BCUT2D eigenvalue weighted by atomic mass is 10.0. The average Bonchev–Trinajstić information content (AvgIpc) is 2.80. The summed E-state index contributed by atoms with van der Waals surface area (Å²) >= 11 is 0. The first-order valence-electron chi connectivity index (χ1n) is 6.70. The van der Waals surface area contributed by atoms with Crippen LogP contribution < -0.4 is 11.1 Å². The molecule has 6 nitrogen and oxygen atoms in total. The highest BCUT2D eigenvalue weighted by molar-refractivity contribution is 5.94. The SMILES string of the molecule is Cn1nc(-c2ccc3c(c2)CCC(=O)N3)nc1CCN. The van der Waals surface area contributed by atoms with Gasteiger partial charge in [0.2, 0.25) is 5.91 Å². The van der Waals surface area contributed by atoms with Gasteiger partial charge in [0.25, 0.3) is 0 Å². The number of aryl methyl sites for hydroxylation is 2. The predicted molar refractivity (Wildman–Crippen MR) is 76.1 cm³/mol. The lowest BCUT2D eigenvalue weighted by Crippen LogP contribution is -2.18. The zero-order valence-electron chi connectivity index (χ0n) is 11.4. The van der Waals surface area contributed by atoms with Crippen LogP contribution in [0.4, 0.5) is 5.69 Å². The number of amides is 1. The van der Waals surface area contributed by atoms with Crippen molar-refractivity contribution in [3.05, 3.63) is 29.6 Å². The number of nitrogens with zero attached hydrogens (tertiary/aromatic N) is 3. The standard InChI is InChI=1S/C14H17N5O/c1-19-12(6-7-15)17-14(18-19)10-2-4-11-9(8-10)3-5-13(20)16-11/h2,4,8H,3,5-7,15H2,1H3,(H,16,20). The molecular weight excluding hydrogens is 254 g/mol. The lowest BCUT2D eigenvalue weighted by molar-refractivity contribution is -0.116. The Morgan fingerprint density at radius 1 is 1.40 bits per heavy atom. The van der Waals surface area contributed by atoms with Gasteiger partial charge in [0.05, 0.1) is 0 Å². The number of carbonyl (C=O) groups excluding carboxylic acids is 1. The first-order valence-corrected chi connectivity index (χ1v) is 6.70. The summed E-state index contributed by atoms with van der Waals surface area (Å²) in [5, 5.41) is 7.30. The summed E-state index contributed by atoms with van der Waals surface area (Å²) in [6.07, 6.45) is 2.01. The van der Waals surface area contributed by atoms with E-state index in [2.05, 4.69) is 21.5 Å². The summed E-state index contributed by atoms with van der Waals surface area (Å²) in [5.41, 5.74) is 8.56. The van der Waals surface area contributed by atoms with Gasteiger partial charge in [-0.2, -0.15) is 5.10 Å². The van der Waals surface area contributed by atoms with E-state index in [1.807, 2.05) is 19.2 Å². The van der Waals surface area contributed by atoms with Gasteiger partial charge in [0.1, 0.15) is 5.82 Å². The van der Waals surface area contributed by atoms with Crippen LogP contribution in [0, 0.1) is 0 Å². The number of hydrogen-bond donors (Lipinski definition) is 2. The molecule has 104 valence electrons. The van der Waals surface area contributed by atoms with Crippen LogP contribution in [-0.4, -0.2) is 27.2 Å². The van der Waals surface area contributed by atoms with Gasteiger partial charge in [0.15, 0.2) is 5.82 Å². The third-order valence-electron chi connectivity index (χ3n) is 3.48. The van der Waals surface area contributed by atoms with Crippen molar-refractivity contribution in [1.29, 1.82) is 0 Å². The van der Waals surface area contributed by atoms with Gasteiger partial charge >= 0.3 is 0 Å². The highest BCUT2D eigenvalue weighted by Gasteiger charge is 2.16. The molecule has 0 saturated carbocycles. The fourth-order valence-corrected chi connectivity index (χ4v) is 2.41. The number of aromatic nitrogens is 3. The fraction of sp³-hybridized carbons (Fsp3) is 0.357. The van der Waals surface area contributed by atoms with Gasteiger partial charge in [-0.1, -0.05) is 0 Å². The van der Waals surface area contributed by atoms with Crippen molar-refractivity contribution in [1.82, 2.24) is 14.8 Å². The number of nitrogens with two attached hydrogens (primary N) is 1. The minimum absolute atomic E-state index is 0.0754. The maximum Gasteiger partial charge on any atom is 0.224 e. The molecule has 0 fully saturated rings. The largest absolute Gasteiger partial charge is 0.330 e. The Bertz CT molecular complexity index is 662. The monoisotopic (exact) mass is 271 g/mol. The highest BCUT2D eigenvalue weighted by atomic mass is 16.1. The minimum Gasteiger partial charge on any atom is -0.330 e. The van der Waals surface area contributed by atoms with E-state index in [9.17, 15) is 4.79 Å². The first kappa shape index (κ1) is 12.8. The van der Waals surface area contributed by atoms with E-state index in [4.69, 9.17) is 5.73 Å². The van der Waals surface area contributed by atoms with Gasteiger partial charge in [-0.3, -0.25) is 9.48 Å². The molecule has 1 aromatic heterocycles. The van der Waals surface area contributed by atoms with E-state index < -0.39 is 0 Å². The topological polar surface area (TPSA) is 85.8 Å². The van der Waals surface area contributed by atoms with Crippen molar-refractivity contribution < 1.29 is 4.79 Å². The summed E-state index contributed by atoms with van der Waals surface area (Å²) in [5.74, 6) is 1.66. The smallest absolute Gasteiger partial charge is 0.224 e. The molecule has 1 aliphatic rings. The summed E-state index contributed by atoms with van der Waals surface area (Å²) in [6, 6.07) is 5.91. The highest BCUT2D eigenvalue weighted by Crippen LogP contribution is 2.27. The number of anilines is 1. The Morgan fingerprint density at radius 2 is 2.25 bits per heavy atom. The normalized spacial score (nSPS) is 14.0. The molecule has 3 rings (SSSR count). The van der Waals surface area contributed by atoms with Crippen molar-refractivity contribution in [2.75, 3.05) is 11.9 Å². The van der Waals surface area contributed by atoms with Crippen LogP contribution in [0.3, 0.4) is 0 Å². The number of hydrogen-bond acceptors (Lipinski definition) is 4. The fourth-order valence-electron chi connectivity index (χ4n) is 2.41. The van der Waals surface area contributed by atoms with Crippen molar-refractivity contribution >= 4 is 11.6 Å². The van der Waals surface area contributed by atoms with Crippen LogP contribution in [0.2, 0.25) is 0 Å². The second kappa shape index (κ2) is 5.05. The van der Waals surface area contributed by atoms with Crippen LogP contribution in [0.25, 0.3) is 11.4 Å². The van der Waals surface area contributed by atoms with Crippen LogP contribution in [0.1, 0.15) is 17.8 Å². The summed E-state index contributed by atoms with van der Waals surface area (Å²) in [7, 11) is 1.88. The number of nitrogens with one attached hydrogen (secondary N) is 1. The van der Waals surface area contributed by atoms with E-state index >= 15 is 0 Å². The van der Waals surface area contributed by atoms with E-state index in [-0.39, 0.29) is 5.91 Å². The first-order chi connectivity index (χ1) is 9.67. The molecular formula is C14H17N5O. The van der Waals surface area contributed by atoms with Gasteiger partial charge < -0.3 is 11.1 Å². The summed E-state index contributed by atoms with van der Waals surface area (Å²) in [6.45, 7) is 0.558. The van der Waals surface area contributed by atoms with Gasteiger partial charge in [0, 0.05) is 31.1 Å². The molecule has 3 N–H and O–H groups in total. The quantitative estimate of drug-likeness (QED) is 0.867. The molecule has 1 amide bonds. The second-order valence-corrected chi connectivity index (χ2v) is 4.93. The third-order valence-corrected chi connectivity index (χ3v) is 3.48. The molecule has 6 heteroatoms. The number of fused-ring (bicyclic) bond motifs is 1. The molecule has 1 aromatic carbocycles. The van der Waals surface area contributed by atoms with Crippen LogP contribution in [0.15, 0.2) is 18.2 Å². The Balaban J connectivity index is 1.95. The Kier molecular flexibility index (Phi) is 3.23. The Hall–Kier alpha value is -2.21. The maximum atomic E-state index is 11.3. The zero-order valence-corrected chi connectivity index (χ0v) is 11.4. The van der Waals surface area contributed by atoms with Gasteiger partial charge in [-0.15, -0.1) is 0 Å². The van der Waals surface area contributed by atoms with Crippen LogP contribution in [0.5, 0.6) is 0 Å². The van der Waals surface area contributed by atoms with Crippen molar-refractivity contribution in [2.45, 2.75) is 19.3 Å². The molecule has 2 heterocycles. The molecule has 0 bridgehead atoms. The molecule has 0 spiro atoms. The molecule has 0 radical (unpaired) electrons. The van der Waals surface area contributed by atoms with E-state index in [1.54, 1.807) is 4.68 Å². The molecule has 1 aliphatic heterocycles. The second-order valence-electron chi connectivity index (χ2n) is 4.93. The summed E-state index contributed by atoms with van der Waals surface area (Å²) < 4.78 is 1.77. The van der Waals surface area contributed by atoms with Crippen molar-refractivity contribution in [3.63, 3.8) is 0 Å². The molecule has 0 saturated heterocycles. The summed E-state index contributed by atoms with van der Waals surface area (Å²) in [4.78, 5) is 15.9. The maximum absolute atomic E-state index is 11.3. The van der Waals surface area contributed by atoms with Crippen molar-refractivity contribution in [3.8, 4) is 11.4 Å². The van der Waals surface area contributed by atoms with E-state index in [0.29, 0.717) is 25.2 Å². The Morgan fingerprint density at radius 3 is 3.05 bits per heavy atom. The van der Waals surface area contributed by atoms with E-state index in [0.717, 1.165) is 29.1 Å². The lowest BCUT2D eigenvalue weighted by Gasteiger charge is -2.16. The predicted octanol–water partition coefficient (Wildman–Crippen LogP) is 0.868. The molecule has 0 unspecified atom stereocenters. The third kappa shape index (κ3) is 2.30. The molecule has 0 atom stereocenters. The molecule has 0 aliphatic carbocycles. The Labute approximate surface area is 117 Å². The van der Waals surface area contributed by atoms with Gasteiger partial charge in [-0.25, -0.2) is 4.98 Å². The zero-order chi connectivity index (χ0) is 14.1. The van der Waals surface area contributed by atoms with E-state index in [1.165, 1.54) is 0 Å². The number of rotatable bonds is 3. The number of carbonyl (C=O) groups is 1.